The molecule has 5 heteroatoms. The van der Waals surface area contributed by atoms with E-state index >= 15 is 0 Å². The van der Waals surface area contributed by atoms with Crippen molar-refractivity contribution in [2.45, 2.75) is 33.1 Å². The summed E-state index contributed by atoms with van der Waals surface area (Å²) in [7, 11) is 0. The number of rotatable bonds is 8. The van der Waals surface area contributed by atoms with Crippen molar-refractivity contribution >= 4 is 33.3 Å². The summed E-state index contributed by atoms with van der Waals surface area (Å²) in [5.74, 6) is 0.926. The molecule has 1 amide bonds. The molecular weight excluding hydrogens is 366 g/mol. The van der Waals surface area contributed by atoms with Crippen molar-refractivity contribution in [1.82, 2.24) is 4.98 Å². The van der Waals surface area contributed by atoms with Crippen LogP contribution in [0.15, 0.2) is 47.1 Å². The molecular formula is C19H24BrN3O. The molecule has 0 fully saturated rings. The Hall–Kier alpha value is -1.88. The maximum Gasteiger partial charge on any atom is 0.228 e. The first-order chi connectivity index (χ1) is 11.6. The van der Waals surface area contributed by atoms with E-state index in [-0.39, 0.29) is 5.91 Å². The number of carbonyl (C=O) groups excluding carboxylic acids is 1. The largest absolute Gasteiger partial charge is 0.357 e. The number of aromatic nitrogens is 1. The Morgan fingerprint density at radius 1 is 1.08 bits per heavy atom. The average molecular weight is 390 g/mol. The highest BCUT2D eigenvalue weighted by Crippen LogP contribution is 2.16. The normalized spacial score (nSPS) is 10.5. The molecule has 128 valence electrons. The minimum atomic E-state index is -0.0363. The molecule has 0 atom stereocenters. The van der Waals surface area contributed by atoms with E-state index in [1.54, 1.807) is 6.20 Å². The Balaban J connectivity index is 1.95. The monoisotopic (exact) mass is 389 g/mol. The van der Waals surface area contributed by atoms with E-state index < -0.39 is 0 Å². The summed E-state index contributed by atoms with van der Waals surface area (Å²) >= 11 is 3.39. The van der Waals surface area contributed by atoms with E-state index in [2.05, 4.69) is 45.0 Å². The number of amides is 1. The molecule has 0 saturated carbocycles. The number of carbonyl (C=O) groups is 1. The van der Waals surface area contributed by atoms with Gasteiger partial charge in [0.25, 0.3) is 0 Å². The van der Waals surface area contributed by atoms with Crippen LogP contribution in [0.5, 0.6) is 0 Å². The van der Waals surface area contributed by atoms with Crippen LogP contribution in [0.25, 0.3) is 0 Å². The van der Waals surface area contributed by atoms with Gasteiger partial charge in [-0.1, -0.05) is 41.9 Å². The van der Waals surface area contributed by atoms with E-state index in [4.69, 9.17) is 0 Å². The van der Waals surface area contributed by atoms with Crippen molar-refractivity contribution in [3.8, 4) is 0 Å². The SMILES string of the molecule is CCCN(CCC)c1ccc(NC(=O)Cc2ccc(Br)cc2)cn1. The molecule has 0 radical (unpaired) electrons. The summed E-state index contributed by atoms with van der Waals surface area (Å²) in [5.41, 5.74) is 1.71. The van der Waals surface area contributed by atoms with Crippen LogP contribution in [0.2, 0.25) is 0 Å². The molecule has 1 N–H and O–H groups in total. The predicted octanol–water partition coefficient (Wildman–Crippen LogP) is 4.65. The zero-order valence-electron chi connectivity index (χ0n) is 14.3. The van der Waals surface area contributed by atoms with E-state index in [0.717, 1.165) is 47.5 Å². The van der Waals surface area contributed by atoms with Gasteiger partial charge in [-0.15, -0.1) is 0 Å². The maximum atomic E-state index is 12.1. The van der Waals surface area contributed by atoms with E-state index in [9.17, 15) is 4.79 Å². The van der Waals surface area contributed by atoms with Crippen LogP contribution in [-0.2, 0) is 11.2 Å². The van der Waals surface area contributed by atoms with Gasteiger partial charge in [0.2, 0.25) is 5.91 Å². The average Bonchev–Trinajstić information content (AvgIpc) is 2.57. The number of pyridine rings is 1. The highest BCUT2D eigenvalue weighted by molar-refractivity contribution is 9.10. The molecule has 0 aliphatic heterocycles. The van der Waals surface area contributed by atoms with Crippen molar-refractivity contribution < 1.29 is 4.79 Å². The Morgan fingerprint density at radius 2 is 1.75 bits per heavy atom. The number of benzene rings is 1. The van der Waals surface area contributed by atoms with Gasteiger partial charge in [-0.2, -0.15) is 0 Å². The van der Waals surface area contributed by atoms with Crippen LogP contribution >= 0.6 is 15.9 Å². The Kier molecular flexibility index (Phi) is 7.25. The summed E-state index contributed by atoms with van der Waals surface area (Å²) in [4.78, 5) is 18.9. The minimum Gasteiger partial charge on any atom is -0.357 e. The lowest BCUT2D eigenvalue weighted by Gasteiger charge is -2.22. The van der Waals surface area contributed by atoms with Gasteiger partial charge in [0.05, 0.1) is 18.3 Å². The van der Waals surface area contributed by atoms with Crippen LogP contribution in [0, 0.1) is 0 Å². The Labute approximate surface area is 152 Å². The van der Waals surface area contributed by atoms with Gasteiger partial charge in [0, 0.05) is 17.6 Å². The van der Waals surface area contributed by atoms with Crippen LogP contribution in [0.1, 0.15) is 32.3 Å². The summed E-state index contributed by atoms with van der Waals surface area (Å²) in [5, 5.41) is 2.90. The van der Waals surface area contributed by atoms with Crippen LogP contribution in [0.3, 0.4) is 0 Å². The lowest BCUT2D eigenvalue weighted by molar-refractivity contribution is -0.115. The minimum absolute atomic E-state index is 0.0363. The second kappa shape index (κ2) is 9.42. The predicted molar refractivity (Wildman–Crippen MR) is 104 cm³/mol. The molecule has 1 aromatic heterocycles. The molecule has 0 unspecified atom stereocenters. The fraction of sp³-hybridized carbons (Fsp3) is 0.368. The molecule has 2 aromatic rings. The zero-order valence-corrected chi connectivity index (χ0v) is 15.8. The topological polar surface area (TPSA) is 45.2 Å². The first-order valence-corrected chi connectivity index (χ1v) is 9.17. The summed E-state index contributed by atoms with van der Waals surface area (Å²) in [6.07, 6.45) is 4.26. The Morgan fingerprint density at radius 3 is 2.29 bits per heavy atom. The molecule has 1 aromatic carbocycles. The summed E-state index contributed by atoms with van der Waals surface area (Å²) < 4.78 is 1.01. The third kappa shape index (κ3) is 5.64. The van der Waals surface area contributed by atoms with Gasteiger partial charge >= 0.3 is 0 Å². The molecule has 0 spiro atoms. The quantitative estimate of drug-likeness (QED) is 0.714. The number of hydrogen-bond acceptors (Lipinski definition) is 3. The van der Waals surface area contributed by atoms with Crippen molar-refractivity contribution in [3.05, 3.63) is 52.6 Å². The fourth-order valence-corrected chi connectivity index (χ4v) is 2.78. The number of anilines is 2. The van der Waals surface area contributed by atoms with Crippen molar-refractivity contribution in [2.75, 3.05) is 23.3 Å². The lowest BCUT2D eigenvalue weighted by Crippen LogP contribution is -2.25. The van der Waals surface area contributed by atoms with Gasteiger partial charge in [-0.3, -0.25) is 4.79 Å². The molecule has 2 rings (SSSR count). The van der Waals surface area contributed by atoms with E-state index in [1.807, 2.05) is 36.4 Å². The molecule has 1 heterocycles. The lowest BCUT2D eigenvalue weighted by atomic mass is 10.1. The molecule has 4 nitrogen and oxygen atoms in total. The van der Waals surface area contributed by atoms with Crippen molar-refractivity contribution in [2.24, 2.45) is 0 Å². The third-order valence-electron chi connectivity index (χ3n) is 3.62. The van der Waals surface area contributed by atoms with Gasteiger partial charge in [-0.05, 0) is 42.7 Å². The van der Waals surface area contributed by atoms with Crippen LogP contribution < -0.4 is 10.2 Å². The highest BCUT2D eigenvalue weighted by Gasteiger charge is 2.08. The highest BCUT2D eigenvalue weighted by atomic mass is 79.9. The third-order valence-corrected chi connectivity index (χ3v) is 4.15. The number of nitrogens with zero attached hydrogens (tertiary/aromatic N) is 2. The molecule has 0 bridgehead atoms. The van der Waals surface area contributed by atoms with Gasteiger partial charge in [0.1, 0.15) is 5.82 Å². The summed E-state index contributed by atoms with van der Waals surface area (Å²) in [6, 6.07) is 11.7. The summed E-state index contributed by atoms with van der Waals surface area (Å²) in [6.45, 7) is 6.32. The fourth-order valence-electron chi connectivity index (χ4n) is 2.52. The van der Waals surface area contributed by atoms with Gasteiger partial charge in [-0.25, -0.2) is 4.98 Å². The van der Waals surface area contributed by atoms with Crippen molar-refractivity contribution in [1.29, 1.82) is 0 Å². The first-order valence-electron chi connectivity index (χ1n) is 8.37. The number of hydrogen-bond donors (Lipinski definition) is 1. The van der Waals surface area contributed by atoms with Crippen molar-refractivity contribution in [3.63, 3.8) is 0 Å². The smallest absolute Gasteiger partial charge is 0.228 e. The van der Waals surface area contributed by atoms with Gasteiger partial charge < -0.3 is 10.2 Å². The number of halogens is 1. The molecule has 0 aliphatic rings. The first kappa shape index (κ1) is 18.5. The van der Waals surface area contributed by atoms with E-state index in [0.29, 0.717) is 6.42 Å². The maximum absolute atomic E-state index is 12.1. The Bertz CT molecular complexity index is 635. The second-order valence-corrected chi connectivity index (χ2v) is 6.66. The standard InChI is InChI=1S/C19H24BrN3O/c1-3-11-23(12-4-2)18-10-9-17(14-21-18)22-19(24)13-15-5-7-16(20)8-6-15/h5-10,14H,3-4,11-13H2,1-2H3,(H,22,24). The molecule has 0 aliphatic carbocycles. The van der Waals surface area contributed by atoms with E-state index in [1.165, 1.54) is 0 Å². The van der Waals surface area contributed by atoms with Crippen LogP contribution in [0.4, 0.5) is 11.5 Å². The van der Waals surface area contributed by atoms with Crippen LogP contribution in [-0.4, -0.2) is 24.0 Å². The second-order valence-electron chi connectivity index (χ2n) is 5.74. The van der Waals surface area contributed by atoms with Gasteiger partial charge in [0.15, 0.2) is 0 Å². The molecule has 0 saturated heterocycles. The molecule has 24 heavy (non-hydrogen) atoms. The zero-order chi connectivity index (χ0) is 17.4. The number of nitrogens with one attached hydrogen (secondary N) is 1.